The van der Waals surface area contributed by atoms with E-state index >= 15 is 0 Å². The highest BCUT2D eigenvalue weighted by molar-refractivity contribution is 7.98. The monoisotopic (exact) mass is 356 g/mol. The molecular formula is C16H24N2O3S2. The molecule has 1 atom stereocenters. The summed E-state index contributed by atoms with van der Waals surface area (Å²) in [4.78, 5) is 15.3. The summed E-state index contributed by atoms with van der Waals surface area (Å²) in [5, 5.41) is 0. The fourth-order valence-electron chi connectivity index (χ4n) is 2.72. The van der Waals surface area contributed by atoms with E-state index in [2.05, 4.69) is 6.92 Å². The van der Waals surface area contributed by atoms with E-state index in [9.17, 15) is 13.2 Å². The maximum Gasteiger partial charge on any atom is 0.243 e. The van der Waals surface area contributed by atoms with E-state index in [1.807, 2.05) is 6.26 Å². The molecule has 0 radical (unpaired) electrons. The number of carbonyl (C=O) groups excluding carboxylic acids is 1. The molecule has 0 aromatic heterocycles. The van der Waals surface area contributed by atoms with Crippen LogP contribution in [0.15, 0.2) is 34.1 Å². The first kappa shape index (κ1) is 18.3. The molecule has 1 aromatic carbocycles. The van der Waals surface area contributed by atoms with Gasteiger partial charge in [-0.25, -0.2) is 8.42 Å². The van der Waals surface area contributed by atoms with Crippen molar-refractivity contribution in [1.29, 1.82) is 0 Å². The van der Waals surface area contributed by atoms with E-state index in [1.165, 1.54) is 7.05 Å². The third-order valence-electron chi connectivity index (χ3n) is 4.14. The normalized spacial score (nSPS) is 19.1. The van der Waals surface area contributed by atoms with Crippen molar-refractivity contribution in [1.82, 2.24) is 9.21 Å². The maximum atomic E-state index is 12.6. The predicted molar refractivity (Wildman–Crippen MR) is 93.0 cm³/mol. The molecule has 0 spiro atoms. The van der Waals surface area contributed by atoms with Crippen LogP contribution in [-0.4, -0.2) is 56.5 Å². The van der Waals surface area contributed by atoms with Gasteiger partial charge in [-0.3, -0.25) is 4.79 Å². The van der Waals surface area contributed by atoms with E-state index in [0.717, 1.165) is 35.1 Å². The van der Waals surface area contributed by atoms with Crippen LogP contribution >= 0.6 is 11.8 Å². The van der Waals surface area contributed by atoms with Gasteiger partial charge in [-0.05, 0) is 49.3 Å². The summed E-state index contributed by atoms with van der Waals surface area (Å²) in [5.41, 5.74) is 0. The Bertz CT molecular complexity index is 644. The molecule has 1 saturated heterocycles. The topological polar surface area (TPSA) is 57.7 Å². The first-order valence-corrected chi connectivity index (χ1v) is 10.4. The largest absolute Gasteiger partial charge is 0.341 e. The summed E-state index contributed by atoms with van der Waals surface area (Å²) in [5.74, 6) is 0.358. The van der Waals surface area contributed by atoms with E-state index in [0.29, 0.717) is 5.92 Å². The molecule has 0 aliphatic carbocycles. The molecule has 23 heavy (non-hydrogen) atoms. The number of benzene rings is 1. The number of thioether (sulfide) groups is 1. The lowest BCUT2D eigenvalue weighted by molar-refractivity contribution is -0.132. The SMILES string of the molecule is CSc1ccc(S(=O)(=O)N(C)CC(=O)N2CCC[C@@H](C)C2)cc1. The average molecular weight is 357 g/mol. The Morgan fingerprint density at radius 3 is 2.57 bits per heavy atom. The second kappa shape index (κ2) is 7.68. The third kappa shape index (κ3) is 4.49. The molecule has 2 rings (SSSR count). The Labute approximate surface area is 143 Å². The first-order valence-electron chi connectivity index (χ1n) is 7.72. The lowest BCUT2D eigenvalue weighted by Crippen LogP contribution is -2.45. The molecule has 1 heterocycles. The van der Waals surface area contributed by atoms with Crippen molar-refractivity contribution >= 4 is 27.7 Å². The van der Waals surface area contributed by atoms with Crippen LogP contribution < -0.4 is 0 Å². The Balaban J connectivity index is 2.05. The molecule has 1 aliphatic heterocycles. The maximum absolute atomic E-state index is 12.6. The standard InChI is InChI=1S/C16H24N2O3S2/c1-13-5-4-10-18(11-13)16(19)12-17(2)23(20,21)15-8-6-14(22-3)7-9-15/h6-9,13H,4-5,10-12H2,1-3H3/t13-/m1/s1. The van der Waals surface area contributed by atoms with E-state index in [1.54, 1.807) is 40.9 Å². The molecule has 0 bridgehead atoms. The predicted octanol–water partition coefficient (Wildman–Crippen LogP) is 2.29. The fraction of sp³-hybridized carbons (Fsp3) is 0.562. The highest BCUT2D eigenvalue weighted by Crippen LogP contribution is 2.20. The Kier molecular flexibility index (Phi) is 6.11. The molecule has 1 amide bonds. The van der Waals surface area contributed by atoms with Crippen molar-refractivity contribution < 1.29 is 13.2 Å². The van der Waals surface area contributed by atoms with Gasteiger partial charge in [0.1, 0.15) is 0 Å². The van der Waals surface area contributed by atoms with Gasteiger partial charge in [0, 0.05) is 25.0 Å². The van der Waals surface area contributed by atoms with Crippen molar-refractivity contribution in [2.24, 2.45) is 5.92 Å². The minimum atomic E-state index is -3.63. The number of hydrogen-bond acceptors (Lipinski definition) is 4. The van der Waals surface area contributed by atoms with Crippen LogP contribution in [0.3, 0.4) is 0 Å². The van der Waals surface area contributed by atoms with Crippen molar-refractivity contribution in [2.75, 3.05) is 32.9 Å². The van der Waals surface area contributed by atoms with Crippen LogP contribution in [0.1, 0.15) is 19.8 Å². The fourth-order valence-corrected chi connectivity index (χ4v) is 4.25. The second-order valence-electron chi connectivity index (χ2n) is 6.02. The van der Waals surface area contributed by atoms with Crippen LogP contribution in [0.4, 0.5) is 0 Å². The van der Waals surface area contributed by atoms with Crippen LogP contribution in [0.5, 0.6) is 0 Å². The number of likely N-dealkylation sites (N-methyl/N-ethyl adjacent to an activating group) is 1. The zero-order chi connectivity index (χ0) is 17.0. The summed E-state index contributed by atoms with van der Waals surface area (Å²) in [6.07, 6.45) is 4.05. The Morgan fingerprint density at radius 2 is 2.00 bits per heavy atom. The molecule has 7 heteroatoms. The zero-order valence-corrected chi connectivity index (χ0v) is 15.5. The van der Waals surface area contributed by atoms with Gasteiger partial charge in [0.15, 0.2) is 0 Å². The minimum absolute atomic E-state index is 0.112. The van der Waals surface area contributed by atoms with Gasteiger partial charge < -0.3 is 4.90 Å². The molecular weight excluding hydrogens is 332 g/mol. The number of amides is 1. The van der Waals surface area contributed by atoms with E-state index in [4.69, 9.17) is 0 Å². The lowest BCUT2D eigenvalue weighted by atomic mass is 10.0. The van der Waals surface area contributed by atoms with Gasteiger partial charge >= 0.3 is 0 Å². The quantitative estimate of drug-likeness (QED) is 0.760. The molecule has 0 unspecified atom stereocenters. The van der Waals surface area contributed by atoms with Crippen LogP contribution in [0, 0.1) is 5.92 Å². The minimum Gasteiger partial charge on any atom is -0.341 e. The van der Waals surface area contributed by atoms with Gasteiger partial charge in [0.2, 0.25) is 15.9 Å². The Morgan fingerprint density at radius 1 is 1.35 bits per heavy atom. The van der Waals surface area contributed by atoms with Crippen molar-refractivity contribution in [3.8, 4) is 0 Å². The van der Waals surface area contributed by atoms with E-state index < -0.39 is 10.0 Å². The number of nitrogens with zero attached hydrogens (tertiary/aromatic N) is 2. The zero-order valence-electron chi connectivity index (χ0n) is 13.9. The molecule has 0 saturated carbocycles. The lowest BCUT2D eigenvalue weighted by Gasteiger charge is -2.32. The van der Waals surface area contributed by atoms with Crippen molar-refractivity contribution in [2.45, 2.75) is 29.6 Å². The summed E-state index contributed by atoms with van der Waals surface area (Å²) in [6.45, 7) is 3.45. The molecule has 0 N–H and O–H groups in total. The molecule has 128 valence electrons. The third-order valence-corrected chi connectivity index (χ3v) is 6.70. The van der Waals surface area contributed by atoms with E-state index in [-0.39, 0.29) is 17.3 Å². The van der Waals surface area contributed by atoms with Crippen molar-refractivity contribution in [3.63, 3.8) is 0 Å². The molecule has 1 fully saturated rings. The summed E-state index contributed by atoms with van der Waals surface area (Å²) < 4.78 is 26.3. The number of rotatable bonds is 5. The van der Waals surface area contributed by atoms with Gasteiger partial charge in [-0.1, -0.05) is 6.92 Å². The average Bonchev–Trinajstić information content (AvgIpc) is 2.54. The van der Waals surface area contributed by atoms with Gasteiger partial charge in [-0.2, -0.15) is 4.31 Å². The highest BCUT2D eigenvalue weighted by atomic mass is 32.2. The van der Waals surface area contributed by atoms with Crippen molar-refractivity contribution in [3.05, 3.63) is 24.3 Å². The van der Waals surface area contributed by atoms with Gasteiger partial charge in [0.25, 0.3) is 0 Å². The summed E-state index contributed by atoms with van der Waals surface area (Å²) >= 11 is 1.56. The van der Waals surface area contributed by atoms with Gasteiger partial charge in [-0.15, -0.1) is 11.8 Å². The number of piperidine rings is 1. The molecule has 1 aromatic rings. The first-order chi connectivity index (χ1) is 10.8. The number of carbonyl (C=O) groups is 1. The molecule has 1 aliphatic rings. The van der Waals surface area contributed by atoms with Crippen LogP contribution in [0.25, 0.3) is 0 Å². The van der Waals surface area contributed by atoms with Crippen LogP contribution in [-0.2, 0) is 14.8 Å². The van der Waals surface area contributed by atoms with Gasteiger partial charge in [0.05, 0.1) is 11.4 Å². The number of likely N-dealkylation sites (tertiary alicyclic amines) is 1. The summed E-state index contributed by atoms with van der Waals surface area (Å²) in [6, 6.07) is 6.73. The van der Waals surface area contributed by atoms with Crippen LogP contribution in [0.2, 0.25) is 0 Å². The molecule has 5 nitrogen and oxygen atoms in total. The number of sulfonamides is 1. The Hall–Kier alpha value is -1.05. The summed E-state index contributed by atoms with van der Waals surface area (Å²) in [7, 11) is -2.17. The smallest absolute Gasteiger partial charge is 0.243 e. The second-order valence-corrected chi connectivity index (χ2v) is 8.95. The number of hydrogen-bond donors (Lipinski definition) is 0. The highest BCUT2D eigenvalue weighted by Gasteiger charge is 2.27.